The molecule has 0 aliphatic carbocycles. The fourth-order valence-corrected chi connectivity index (χ4v) is 2.97. The molecule has 0 aromatic heterocycles. The molecule has 0 saturated carbocycles. The number of nitrogens with one attached hydrogen (secondary N) is 1. The summed E-state index contributed by atoms with van der Waals surface area (Å²) in [5.41, 5.74) is 2.08. The van der Waals surface area contributed by atoms with Gasteiger partial charge in [-0.05, 0) is 29.9 Å². The van der Waals surface area contributed by atoms with Crippen LogP contribution < -0.4 is 10.2 Å². The lowest BCUT2D eigenvalue weighted by Crippen LogP contribution is -2.36. The van der Waals surface area contributed by atoms with E-state index < -0.39 is 0 Å². The van der Waals surface area contributed by atoms with Crippen molar-refractivity contribution in [2.45, 2.75) is 39.5 Å². The van der Waals surface area contributed by atoms with Crippen molar-refractivity contribution < 1.29 is 14.7 Å². The minimum Gasteiger partial charge on any atom is -0.396 e. The van der Waals surface area contributed by atoms with E-state index in [1.807, 2.05) is 25.1 Å². The smallest absolute Gasteiger partial charge is 0.227 e. The van der Waals surface area contributed by atoms with Crippen LogP contribution in [0.5, 0.6) is 0 Å². The van der Waals surface area contributed by atoms with Gasteiger partial charge in [-0.15, -0.1) is 0 Å². The first-order chi connectivity index (χ1) is 11.5. The highest BCUT2D eigenvalue weighted by molar-refractivity contribution is 6.00. The number of amides is 2. The normalized spacial score (nSPS) is 20.1. The van der Waals surface area contributed by atoms with Gasteiger partial charge in [0.1, 0.15) is 0 Å². The molecule has 1 aliphatic rings. The predicted octanol–water partition coefficient (Wildman–Crippen LogP) is 2.30. The number of benzene rings is 1. The number of carbonyl (C=O) groups is 2. The lowest BCUT2D eigenvalue weighted by Gasteiger charge is -2.23. The Morgan fingerprint density at radius 2 is 2.08 bits per heavy atom. The second-order valence-corrected chi connectivity index (χ2v) is 6.81. The number of aliphatic hydroxyl groups is 1. The zero-order valence-electron chi connectivity index (χ0n) is 14.8. The van der Waals surface area contributed by atoms with E-state index in [1.54, 1.807) is 4.90 Å². The van der Waals surface area contributed by atoms with Gasteiger partial charge >= 0.3 is 0 Å². The largest absolute Gasteiger partial charge is 0.396 e. The molecule has 132 valence electrons. The van der Waals surface area contributed by atoms with Crippen LogP contribution in [-0.2, 0) is 9.59 Å². The van der Waals surface area contributed by atoms with E-state index in [0.29, 0.717) is 19.0 Å². The Labute approximate surface area is 144 Å². The first-order valence-corrected chi connectivity index (χ1v) is 8.75. The van der Waals surface area contributed by atoms with Crippen molar-refractivity contribution in [1.29, 1.82) is 0 Å². The molecule has 3 unspecified atom stereocenters. The molecular weight excluding hydrogens is 304 g/mol. The summed E-state index contributed by atoms with van der Waals surface area (Å²) in [5.74, 6) is -0.0396. The van der Waals surface area contributed by atoms with Gasteiger partial charge in [0, 0.05) is 31.8 Å². The average Bonchev–Trinajstić information content (AvgIpc) is 3.00. The Hall–Kier alpha value is -1.88. The number of carbonyl (C=O) groups excluding carboxylic acids is 2. The van der Waals surface area contributed by atoms with Gasteiger partial charge in [0.25, 0.3) is 0 Å². The summed E-state index contributed by atoms with van der Waals surface area (Å²) in [6.07, 6.45) is 1.25. The van der Waals surface area contributed by atoms with Crippen LogP contribution in [0.15, 0.2) is 24.3 Å². The van der Waals surface area contributed by atoms with Crippen LogP contribution in [-0.4, -0.2) is 36.6 Å². The van der Waals surface area contributed by atoms with Gasteiger partial charge in [-0.2, -0.15) is 0 Å². The number of para-hydroxylation sites is 1. The van der Waals surface area contributed by atoms with Crippen LogP contribution in [0.2, 0.25) is 0 Å². The molecule has 2 rings (SSSR count). The van der Waals surface area contributed by atoms with Crippen molar-refractivity contribution in [2.75, 3.05) is 24.6 Å². The molecule has 5 nitrogen and oxygen atoms in total. The van der Waals surface area contributed by atoms with Crippen LogP contribution in [0, 0.1) is 11.8 Å². The van der Waals surface area contributed by atoms with Gasteiger partial charge in [-0.3, -0.25) is 9.59 Å². The fourth-order valence-electron chi connectivity index (χ4n) is 2.97. The first kappa shape index (κ1) is 18.5. The van der Waals surface area contributed by atoms with Crippen molar-refractivity contribution in [1.82, 2.24) is 5.32 Å². The molecule has 3 atom stereocenters. The molecule has 1 fully saturated rings. The summed E-state index contributed by atoms with van der Waals surface area (Å²) >= 11 is 0. The topological polar surface area (TPSA) is 69.6 Å². The maximum Gasteiger partial charge on any atom is 0.227 e. The molecule has 1 aromatic rings. The monoisotopic (exact) mass is 332 g/mol. The fraction of sp³-hybridized carbons (Fsp3) is 0.579. The van der Waals surface area contributed by atoms with Crippen LogP contribution in [0.4, 0.5) is 5.69 Å². The molecule has 0 radical (unpaired) electrons. The molecule has 0 spiro atoms. The number of aliphatic hydroxyl groups excluding tert-OH is 1. The number of rotatable bonds is 7. The number of nitrogens with zero attached hydrogens (tertiary/aromatic N) is 1. The van der Waals surface area contributed by atoms with E-state index in [0.717, 1.165) is 17.7 Å². The second-order valence-electron chi connectivity index (χ2n) is 6.81. The zero-order chi connectivity index (χ0) is 17.7. The van der Waals surface area contributed by atoms with E-state index in [1.165, 1.54) is 0 Å². The van der Waals surface area contributed by atoms with Gasteiger partial charge in [0.05, 0.1) is 5.92 Å². The Morgan fingerprint density at radius 3 is 2.75 bits per heavy atom. The molecule has 2 amide bonds. The van der Waals surface area contributed by atoms with Crippen molar-refractivity contribution in [2.24, 2.45) is 11.8 Å². The lowest BCUT2D eigenvalue weighted by atomic mass is 9.96. The quantitative estimate of drug-likeness (QED) is 0.805. The summed E-state index contributed by atoms with van der Waals surface area (Å²) < 4.78 is 0. The average molecular weight is 332 g/mol. The lowest BCUT2D eigenvalue weighted by molar-refractivity contribution is -0.126. The van der Waals surface area contributed by atoms with Crippen LogP contribution in [0.25, 0.3) is 0 Å². The molecule has 1 saturated heterocycles. The minimum absolute atomic E-state index is 0.00103. The third-order valence-electron chi connectivity index (χ3n) is 4.80. The van der Waals surface area contributed by atoms with Crippen molar-refractivity contribution >= 4 is 17.5 Å². The number of hydrogen-bond acceptors (Lipinski definition) is 3. The van der Waals surface area contributed by atoms with Crippen molar-refractivity contribution in [3.8, 4) is 0 Å². The third kappa shape index (κ3) is 4.15. The summed E-state index contributed by atoms with van der Waals surface area (Å²) in [6.45, 7) is 7.05. The maximum atomic E-state index is 12.5. The third-order valence-corrected chi connectivity index (χ3v) is 4.80. The SMILES string of the molecule is CCC(C)c1ccccc1N1CC(C(=O)NCC(C)CO)CC1=O. The predicted molar refractivity (Wildman–Crippen MR) is 94.9 cm³/mol. The molecule has 1 aromatic carbocycles. The number of hydrogen-bond donors (Lipinski definition) is 2. The van der Waals surface area contributed by atoms with Gasteiger partial charge in [0.2, 0.25) is 11.8 Å². The van der Waals surface area contributed by atoms with Gasteiger partial charge in [-0.25, -0.2) is 0 Å². The molecule has 0 bridgehead atoms. The Kier molecular flexibility index (Phi) is 6.37. The van der Waals surface area contributed by atoms with E-state index in [2.05, 4.69) is 25.2 Å². The maximum absolute atomic E-state index is 12.5. The highest BCUT2D eigenvalue weighted by Gasteiger charge is 2.36. The summed E-state index contributed by atoms with van der Waals surface area (Å²) in [4.78, 5) is 26.5. The summed E-state index contributed by atoms with van der Waals surface area (Å²) in [6, 6.07) is 7.96. The second kappa shape index (κ2) is 8.29. The summed E-state index contributed by atoms with van der Waals surface area (Å²) in [5, 5.41) is 11.9. The molecule has 1 aliphatic heterocycles. The van der Waals surface area contributed by atoms with E-state index in [9.17, 15) is 9.59 Å². The molecule has 2 N–H and O–H groups in total. The number of anilines is 1. The zero-order valence-corrected chi connectivity index (χ0v) is 14.8. The Morgan fingerprint density at radius 1 is 1.38 bits per heavy atom. The van der Waals surface area contributed by atoms with E-state index >= 15 is 0 Å². The molecule has 1 heterocycles. The summed E-state index contributed by atoms with van der Waals surface area (Å²) in [7, 11) is 0. The molecular formula is C19H28N2O3. The standard InChI is InChI=1S/C19H28N2O3/c1-4-14(3)16-7-5-6-8-17(16)21-11-15(9-18(21)23)19(24)20-10-13(2)12-22/h5-8,13-15,22H,4,9-12H2,1-3H3,(H,20,24). The first-order valence-electron chi connectivity index (χ1n) is 8.75. The van der Waals surface area contributed by atoms with E-state index in [-0.39, 0.29) is 36.7 Å². The van der Waals surface area contributed by atoms with Crippen LogP contribution >= 0.6 is 0 Å². The van der Waals surface area contributed by atoms with Crippen molar-refractivity contribution in [3.05, 3.63) is 29.8 Å². The van der Waals surface area contributed by atoms with Crippen LogP contribution in [0.3, 0.4) is 0 Å². The van der Waals surface area contributed by atoms with Gasteiger partial charge in [0.15, 0.2) is 0 Å². The highest BCUT2D eigenvalue weighted by atomic mass is 16.3. The van der Waals surface area contributed by atoms with Crippen LogP contribution in [0.1, 0.15) is 45.1 Å². The molecule has 24 heavy (non-hydrogen) atoms. The highest BCUT2D eigenvalue weighted by Crippen LogP contribution is 2.33. The Bertz CT molecular complexity index is 588. The van der Waals surface area contributed by atoms with E-state index in [4.69, 9.17) is 5.11 Å². The van der Waals surface area contributed by atoms with Gasteiger partial charge < -0.3 is 15.3 Å². The van der Waals surface area contributed by atoms with Gasteiger partial charge in [-0.1, -0.05) is 39.0 Å². The van der Waals surface area contributed by atoms with Crippen molar-refractivity contribution in [3.63, 3.8) is 0 Å². The molecule has 5 heteroatoms. The minimum atomic E-state index is -0.326. The Balaban J connectivity index is 2.09.